The van der Waals surface area contributed by atoms with E-state index in [0.29, 0.717) is 32.3 Å². The Balaban J connectivity index is 1.75. The van der Waals surface area contributed by atoms with Gasteiger partial charge < -0.3 is 20.5 Å². The van der Waals surface area contributed by atoms with Crippen molar-refractivity contribution in [3.05, 3.63) is 58.0 Å². The van der Waals surface area contributed by atoms with Crippen LogP contribution in [0.15, 0.2) is 52.4 Å². The van der Waals surface area contributed by atoms with Gasteiger partial charge in [-0.1, -0.05) is 23.7 Å². The number of thioether (sulfide) groups is 1. The molecule has 1 aliphatic rings. The summed E-state index contributed by atoms with van der Waals surface area (Å²) < 4.78 is 10.5. The number of methoxy groups -OCH3 is 1. The predicted octanol–water partition coefficient (Wildman–Crippen LogP) is 3.10. The van der Waals surface area contributed by atoms with Crippen LogP contribution in [0.1, 0.15) is 5.56 Å². The number of primary amides is 1. The standard InChI is InChI=1S/C19H16ClN3O4S/c1-26-15-7-4-12(20)9-14(15)22-19-23-18(25)16(28-19)8-11-2-5-13(6-3-11)27-10-17(21)24/h2-9H,10H2,1H3,(H2,21,24)(H,22,23,25)/b16-8-. The summed E-state index contributed by atoms with van der Waals surface area (Å²) in [6.07, 6.45) is 1.73. The summed E-state index contributed by atoms with van der Waals surface area (Å²) in [6, 6.07) is 12.0. The predicted molar refractivity (Wildman–Crippen MR) is 110 cm³/mol. The maximum atomic E-state index is 12.2. The van der Waals surface area contributed by atoms with Crippen LogP contribution in [0, 0.1) is 0 Å². The van der Waals surface area contributed by atoms with Crippen molar-refractivity contribution in [2.24, 2.45) is 10.7 Å². The van der Waals surface area contributed by atoms with Gasteiger partial charge in [0.15, 0.2) is 11.8 Å². The molecule has 1 fully saturated rings. The third kappa shape index (κ3) is 5.05. The van der Waals surface area contributed by atoms with Crippen LogP contribution < -0.4 is 20.5 Å². The highest BCUT2D eigenvalue weighted by Gasteiger charge is 2.24. The number of nitrogens with two attached hydrogens (primary N) is 1. The SMILES string of the molecule is COc1ccc(Cl)cc1N=C1NC(=O)/C(=C/c2ccc(OCC(N)=O)cc2)S1. The van der Waals surface area contributed by atoms with E-state index >= 15 is 0 Å². The van der Waals surface area contributed by atoms with Gasteiger partial charge in [-0.3, -0.25) is 9.59 Å². The van der Waals surface area contributed by atoms with Crippen molar-refractivity contribution in [3.63, 3.8) is 0 Å². The second-order valence-electron chi connectivity index (χ2n) is 5.62. The summed E-state index contributed by atoms with van der Waals surface area (Å²) in [5.41, 5.74) is 6.36. The molecule has 0 bridgehead atoms. The van der Waals surface area contributed by atoms with E-state index in [0.717, 1.165) is 5.56 Å². The van der Waals surface area contributed by atoms with Gasteiger partial charge in [0.2, 0.25) is 0 Å². The van der Waals surface area contributed by atoms with Gasteiger partial charge in [-0.2, -0.15) is 0 Å². The van der Waals surface area contributed by atoms with Crippen molar-refractivity contribution < 1.29 is 19.1 Å². The van der Waals surface area contributed by atoms with Crippen molar-refractivity contribution in [1.29, 1.82) is 0 Å². The molecular formula is C19H16ClN3O4S. The van der Waals surface area contributed by atoms with E-state index in [4.69, 9.17) is 26.8 Å². The number of carbonyl (C=O) groups excluding carboxylic acids is 2. The molecule has 0 radical (unpaired) electrons. The molecule has 2 aromatic carbocycles. The summed E-state index contributed by atoms with van der Waals surface area (Å²) in [5, 5.41) is 3.67. The lowest BCUT2D eigenvalue weighted by atomic mass is 10.2. The van der Waals surface area contributed by atoms with Crippen LogP contribution in [-0.2, 0) is 9.59 Å². The Bertz CT molecular complexity index is 974. The van der Waals surface area contributed by atoms with Crippen LogP contribution in [0.4, 0.5) is 5.69 Å². The summed E-state index contributed by atoms with van der Waals surface area (Å²) in [7, 11) is 1.54. The lowest BCUT2D eigenvalue weighted by Crippen LogP contribution is -2.20. The number of amidine groups is 1. The van der Waals surface area contributed by atoms with Crippen molar-refractivity contribution in [3.8, 4) is 11.5 Å². The highest BCUT2D eigenvalue weighted by molar-refractivity contribution is 8.18. The van der Waals surface area contributed by atoms with Crippen LogP contribution in [-0.4, -0.2) is 30.7 Å². The van der Waals surface area contributed by atoms with Crippen LogP contribution in [0.25, 0.3) is 6.08 Å². The molecule has 1 saturated heterocycles. The summed E-state index contributed by atoms with van der Waals surface area (Å²) >= 11 is 7.22. The number of aliphatic imine (C=N–C) groups is 1. The zero-order chi connectivity index (χ0) is 20.1. The molecule has 0 aromatic heterocycles. The first-order chi connectivity index (χ1) is 13.4. The fourth-order valence-electron chi connectivity index (χ4n) is 2.31. The van der Waals surface area contributed by atoms with Gasteiger partial charge in [-0.15, -0.1) is 0 Å². The first-order valence-electron chi connectivity index (χ1n) is 8.09. The van der Waals surface area contributed by atoms with E-state index in [9.17, 15) is 9.59 Å². The largest absolute Gasteiger partial charge is 0.494 e. The number of hydrogen-bond acceptors (Lipinski definition) is 6. The first-order valence-corrected chi connectivity index (χ1v) is 9.28. The number of hydrogen-bond donors (Lipinski definition) is 2. The highest BCUT2D eigenvalue weighted by Crippen LogP contribution is 2.34. The van der Waals surface area contributed by atoms with Crippen LogP contribution in [0.2, 0.25) is 5.02 Å². The molecule has 0 spiro atoms. The number of nitrogens with one attached hydrogen (secondary N) is 1. The summed E-state index contributed by atoms with van der Waals surface area (Å²) in [6.45, 7) is -0.189. The Labute approximate surface area is 170 Å². The summed E-state index contributed by atoms with van der Waals surface area (Å²) in [5.74, 6) is 0.266. The van der Waals surface area contributed by atoms with Gasteiger partial charge in [-0.25, -0.2) is 4.99 Å². The molecule has 28 heavy (non-hydrogen) atoms. The van der Waals surface area contributed by atoms with Crippen molar-refractivity contribution in [1.82, 2.24) is 5.32 Å². The Morgan fingerprint density at radius 3 is 2.71 bits per heavy atom. The van der Waals surface area contributed by atoms with E-state index in [-0.39, 0.29) is 12.5 Å². The fraction of sp³-hybridized carbons (Fsp3) is 0.105. The number of benzene rings is 2. The molecule has 0 unspecified atom stereocenters. The molecule has 1 heterocycles. The first kappa shape index (κ1) is 19.8. The minimum Gasteiger partial charge on any atom is -0.494 e. The minimum absolute atomic E-state index is 0.189. The van der Waals surface area contributed by atoms with Gasteiger partial charge in [0.25, 0.3) is 11.8 Å². The normalized spacial score (nSPS) is 16.3. The quantitative estimate of drug-likeness (QED) is 0.703. The van der Waals surface area contributed by atoms with Crippen LogP contribution >= 0.6 is 23.4 Å². The second kappa shape index (κ2) is 8.81. The van der Waals surface area contributed by atoms with E-state index in [1.165, 1.54) is 18.9 Å². The highest BCUT2D eigenvalue weighted by atomic mass is 35.5. The monoisotopic (exact) mass is 417 g/mol. The Hall–Kier alpha value is -2.97. The van der Waals surface area contributed by atoms with E-state index in [2.05, 4.69) is 10.3 Å². The molecule has 3 rings (SSSR count). The Morgan fingerprint density at radius 1 is 1.29 bits per heavy atom. The van der Waals surface area contributed by atoms with Crippen molar-refractivity contribution >= 4 is 52.1 Å². The molecule has 9 heteroatoms. The number of nitrogens with zero attached hydrogens (tertiary/aromatic N) is 1. The molecule has 2 amide bonds. The zero-order valence-electron chi connectivity index (χ0n) is 14.8. The van der Waals surface area contributed by atoms with Gasteiger partial charge in [-0.05, 0) is 53.7 Å². The molecule has 3 N–H and O–H groups in total. The average Bonchev–Trinajstić information content (AvgIpc) is 3.00. The number of rotatable bonds is 6. The fourth-order valence-corrected chi connectivity index (χ4v) is 3.31. The lowest BCUT2D eigenvalue weighted by Gasteiger charge is -2.05. The van der Waals surface area contributed by atoms with Gasteiger partial charge in [0.05, 0.1) is 12.0 Å². The summed E-state index contributed by atoms with van der Waals surface area (Å²) in [4.78, 5) is 27.9. The number of ether oxygens (including phenoxy) is 2. The van der Waals surface area contributed by atoms with Gasteiger partial charge in [0.1, 0.15) is 17.2 Å². The lowest BCUT2D eigenvalue weighted by molar-refractivity contribution is -0.120. The smallest absolute Gasteiger partial charge is 0.264 e. The van der Waals surface area contributed by atoms with Crippen molar-refractivity contribution in [2.45, 2.75) is 0 Å². The Kier molecular flexibility index (Phi) is 6.23. The molecular weight excluding hydrogens is 402 g/mol. The maximum Gasteiger partial charge on any atom is 0.264 e. The van der Waals surface area contributed by atoms with E-state index < -0.39 is 5.91 Å². The molecule has 0 saturated carbocycles. The van der Waals surface area contributed by atoms with Crippen LogP contribution in [0.3, 0.4) is 0 Å². The minimum atomic E-state index is -0.548. The Morgan fingerprint density at radius 2 is 2.04 bits per heavy atom. The van der Waals surface area contributed by atoms with E-state index in [1.54, 1.807) is 48.5 Å². The molecule has 1 aliphatic heterocycles. The molecule has 0 aliphatic carbocycles. The number of halogens is 1. The average molecular weight is 418 g/mol. The van der Waals surface area contributed by atoms with Crippen molar-refractivity contribution in [2.75, 3.05) is 13.7 Å². The number of amides is 2. The number of carbonyl (C=O) groups is 2. The van der Waals surface area contributed by atoms with Gasteiger partial charge >= 0.3 is 0 Å². The molecule has 0 atom stereocenters. The third-order valence-electron chi connectivity index (χ3n) is 3.57. The second-order valence-corrected chi connectivity index (χ2v) is 7.09. The third-order valence-corrected chi connectivity index (χ3v) is 4.72. The molecule has 2 aromatic rings. The molecule has 144 valence electrons. The van der Waals surface area contributed by atoms with Crippen LogP contribution in [0.5, 0.6) is 11.5 Å². The topological polar surface area (TPSA) is 103 Å². The van der Waals surface area contributed by atoms with E-state index in [1.807, 2.05) is 0 Å². The molecule has 7 nitrogen and oxygen atoms in total. The maximum absolute atomic E-state index is 12.2. The zero-order valence-corrected chi connectivity index (χ0v) is 16.3. The van der Waals surface area contributed by atoms with Gasteiger partial charge in [0, 0.05) is 5.02 Å².